The van der Waals surface area contributed by atoms with E-state index in [9.17, 15) is 9.90 Å². The molecule has 1 aromatic heterocycles. The second-order valence-corrected chi connectivity index (χ2v) is 6.92. The largest absolute Gasteiger partial charge is 0.437 e. The van der Waals surface area contributed by atoms with Crippen LogP contribution in [0.4, 0.5) is 0 Å². The summed E-state index contributed by atoms with van der Waals surface area (Å²) < 4.78 is 11.0. The summed E-state index contributed by atoms with van der Waals surface area (Å²) >= 11 is 0. The van der Waals surface area contributed by atoms with Gasteiger partial charge in [0.15, 0.2) is 0 Å². The molecule has 2 aliphatic rings. The monoisotopic (exact) mass is 342 g/mol. The Balaban J connectivity index is 1.40. The molecule has 4 rings (SSSR count). The number of nitrogens with zero attached hydrogens (tertiary/aromatic N) is 1. The number of hydrogen-bond acceptors (Lipinski definition) is 5. The van der Waals surface area contributed by atoms with Crippen molar-refractivity contribution < 1.29 is 19.1 Å². The minimum absolute atomic E-state index is 0.0524. The van der Waals surface area contributed by atoms with E-state index in [0.717, 1.165) is 18.4 Å². The van der Waals surface area contributed by atoms with Gasteiger partial charge in [0.25, 0.3) is 5.89 Å². The molecule has 1 amide bonds. The molecule has 1 aliphatic carbocycles. The average molecular weight is 342 g/mol. The fourth-order valence-corrected chi connectivity index (χ4v) is 3.91. The molecule has 1 aliphatic heterocycles. The Morgan fingerprint density at radius 2 is 2.04 bits per heavy atom. The van der Waals surface area contributed by atoms with Crippen molar-refractivity contribution in [3.8, 4) is 0 Å². The summed E-state index contributed by atoms with van der Waals surface area (Å²) in [5.74, 6) is 0.419. The Morgan fingerprint density at radius 3 is 2.76 bits per heavy atom. The lowest BCUT2D eigenvalue weighted by Crippen LogP contribution is -2.65. The minimum Gasteiger partial charge on any atom is -0.437 e. The van der Waals surface area contributed by atoms with Crippen LogP contribution in [-0.4, -0.2) is 41.4 Å². The normalized spacial score (nSPS) is 24.7. The molecule has 0 radical (unpaired) electrons. The van der Waals surface area contributed by atoms with Gasteiger partial charge in [-0.1, -0.05) is 30.3 Å². The van der Waals surface area contributed by atoms with Crippen molar-refractivity contribution in [1.82, 2.24) is 10.3 Å². The highest BCUT2D eigenvalue weighted by Gasteiger charge is 2.55. The van der Waals surface area contributed by atoms with Crippen LogP contribution in [0, 0.1) is 5.41 Å². The number of benzene rings is 1. The van der Waals surface area contributed by atoms with Crippen LogP contribution in [0.25, 0.3) is 0 Å². The molecule has 2 fully saturated rings. The first-order valence-electron chi connectivity index (χ1n) is 8.73. The maximum absolute atomic E-state index is 12.5. The van der Waals surface area contributed by atoms with E-state index in [-0.39, 0.29) is 29.4 Å². The van der Waals surface area contributed by atoms with E-state index in [1.807, 2.05) is 30.3 Å². The molecule has 132 valence electrons. The maximum Gasteiger partial charge on any atom is 0.307 e. The third-order valence-electron chi connectivity index (χ3n) is 5.51. The van der Waals surface area contributed by atoms with E-state index >= 15 is 0 Å². The van der Waals surface area contributed by atoms with Crippen LogP contribution in [0.5, 0.6) is 0 Å². The van der Waals surface area contributed by atoms with Gasteiger partial charge in [-0.2, -0.15) is 0 Å². The average Bonchev–Trinajstić information content (AvgIpc) is 3.11. The molecule has 1 aromatic carbocycles. The Bertz CT molecular complexity index is 737. The van der Waals surface area contributed by atoms with Crippen molar-refractivity contribution in [3.05, 3.63) is 53.7 Å². The van der Waals surface area contributed by atoms with Gasteiger partial charge in [0.05, 0.1) is 12.3 Å². The molecule has 1 spiro atoms. The van der Waals surface area contributed by atoms with Gasteiger partial charge < -0.3 is 19.6 Å². The number of aliphatic hydroxyl groups is 1. The predicted molar refractivity (Wildman–Crippen MR) is 90.1 cm³/mol. The molecule has 6 nitrogen and oxygen atoms in total. The molecule has 1 saturated heterocycles. The summed E-state index contributed by atoms with van der Waals surface area (Å²) in [5.41, 5.74) is 0.849. The van der Waals surface area contributed by atoms with Crippen LogP contribution in [-0.2, 0) is 11.2 Å². The van der Waals surface area contributed by atoms with Gasteiger partial charge in [-0.25, -0.2) is 4.98 Å². The van der Waals surface area contributed by atoms with E-state index in [1.54, 1.807) is 6.20 Å². The van der Waals surface area contributed by atoms with Crippen LogP contribution in [0.2, 0.25) is 0 Å². The molecule has 25 heavy (non-hydrogen) atoms. The van der Waals surface area contributed by atoms with Crippen molar-refractivity contribution in [2.24, 2.45) is 5.41 Å². The molecular weight excluding hydrogens is 320 g/mol. The van der Waals surface area contributed by atoms with E-state index in [1.165, 1.54) is 0 Å². The van der Waals surface area contributed by atoms with Crippen molar-refractivity contribution in [2.45, 2.75) is 37.8 Å². The Labute approximate surface area is 146 Å². The van der Waals surface area contributed by atoms with Crippen LogP contribution in [0.15, 0.2) is 40.9 Å². The van der Waals surface area contributed by atoms with Crippen LogP contribution in [0.3, 0.4) is 0 Å². The molecule has 0 unspecified atom stereocenters. The number of oxazole rings is 1. The molecule has 2 atom stereocenters. The van der Waals surface area contributed by atoms with Gasteiger partial charge >= 0.3 is 5.91 Å². The van der Waals surface area contributed by atoms with Gasteiger partial charge in [0, 0.05) is 31.1 Å². The minimum atomic E-state index is -0.375. The van der Waals surface area contributed by atoms with Crippen LogP contribution in [0.1, 0.15) is 41.3 Å². The van der Waals surface area contributed by atoms with Crippen molar-refractivity contribution in [2.75, 3.05) is 13.2 Å². The standard InChI is InChI=1S/C19H22N2O4/c22-16-11-15(19(16)6-8-24-9-7-19)21-17(23)18-20-12-14(25-18)10-13-4-2-1-3-5-13/h1-5,12,15-16,22H,6-11H2,(H,21,23)/t15-,16-/m1/s1. The summed E-state index contributed by atoms with van der Waals surface area (Å²) in [7, 11) is 0. The van der Waals surface area contributed by atoms with Crippen molar-refractivity contribution >= 4 is 5.91 Å². The number of aromatic nitrogens is 1. The van der Waals surface area contributed by atoms with Gasteiger partial charge in [-0.05, 0) is 24.8 Å². The molecule has 2 N–H and O–H groups in total. The first-order chi connectivity index (χ1) is 12.2. The number of aliphatic hydroxyl groups excluding tert-OH is 1. The highest BCUT2D eigenvalue weighted by atomic mass is 16.5. The lowest BCUT2D eigenvalue weighted by molar-refractivity contribution is -0.145. The zero-order chi connectivity index (χ0) is 17.3. The van der Waals surface area contributed by atoms with E-state index in [4.69, 9.17) is 9.15 Å². The summed E-state index contributed by atoms with van der Waals surface area (Å²) in [6.45, 7) is 1.26. The van der Waals surface area contributed by atoms with Crippen LogP contribution < -0.4 is 5.32 Å². The second kappa shape index (κ2) is 6.61. The number of ether oxygens (including phenoxy) is 1. The SMILES string of the molecule is O=C(N[C@@H]1C[C@@H](O)C12CCOCC2)c1ncc(Cc2ccccc2)o1. The summed E-state index contributed by atoms with van der Waals surface area (Å²) in [6.07, 6.45) is 3.93. The Morgan fingerprint density at radius 1 is 1.28 bits per heavy atom. The molecule has 2 heterocycles. The number of hydrogen-bond donors (Lipinski definition) is 2. The first-order valence-corrected chi connectivity index (χ1v) is 8.73. The molecule has 1 saturated carbocycles. The summed E-state index contributed by atoms with van der Waals surface area (Å²) in [4.78, 5) is 16.6. The van der Waals surface area contributed by atoms with Gasteiger partial charge in [0.2, 0.25) is 0 Å². The van der Waals surface area contributed by atoms with E-state index in [0.29, 0.717) is 31.8 Å². The zero-order valence-electron chi connectivity index (χ0n) is 14.0. The predicted octanol–water partition coefficient (Wildman–Crippen LogP) is 1.93. The number of amides is 1. The molecular formula is C19H22N2O4. The fourth-order valence-electron chi connectivity index (χ4n) is 3.91. The number of carbonyl (C=O) groups is 1. The van der Waals surface area contributed by atoms with Crippen molar-refractivity contribution in [3.63, 3.8) is 0 Å². The van der Waals surface area contributed by atoms with Gasteiger partial charge in [-0.15, -0.1) is 0 Å². The first kappa shape index (κ1) is 16.3. The van der Waals surface area contributed by atoms with Crippen LogP contribution >= 0.6 is 0 Å². The fraction of sp³-hybridized carbons (Fsp3) is 0.474. The quantitative estimate of drug-likeness (QED) is 0.887. The van der Waals surface area contributed by atoms with E-state index < -0.39 is 0 Å². The second-order valence-electron chi connectivity index (χ2n) is 6.92. The topological polar surface area (TPSA) is 84.6 Å². The lowest BCUT2D eigenvalue weighted by atomic mass is 9.58. The van der Waals surface area contributed by atoms with Gasteiger partial charge in [-0.3, -0.25) is 4.79 Å². The maximum atomic E-state index is 12.5. The molecule has 6 heteroatoms. The number of rotatable bonds is 4. The highest BCUT2D eigenvalue weighted by molar-refractivity contribution is 5.90. The smallest absolute Gasteiger partial charge is 0.307 e. The highest BCUT2D eigenvalue weighted by Crippen LogP contribution is 2.49. The number of carbonyl (C=O) groups excluding carboxylic acids is 1. The third-order valence-corrected chi connectivity index (χ3v) is 5.51. The zero-order valence-corrected chi connectivity index (χ0v) is 14.0. The van der Waals surface area contributed by atoms with Gasteiger partial charge in [0.1, 0.15) is 5.76 Å². The summed E-state index contributed by atoms with van der Waals surface area (Å²) in [6, 6.07) is 9.86. The number of nitrogens with one attached hydrogen (secondary N) is 1. The lowest BCUT2D eigenvalue weighted by Gasteiger charge is -2.55. The molecule has 2 aromatic rings. The van der Waals surface area contributed by atoms with E-state index in [2.05, 4.69) is 10.3 Å². The Kier molecular flexibility index (Phi) is 4.31. The third kappa shape index (κ3) is 3.07. The Hall–Kier alpha value is -2.18. The summed E-state index contributed by atoms with van der Waals surface area (Å²) in [5, 5.41) is 13.2. The molecule has 0 bridgehead atoms. The van der Waals surface area contributed by atoms with Crippen molar-refractivity contribution in [1.29, 1.82) is 0 Å².